The van der Waals surface area contributed by atoms with Crippen LogP contribution >= 0.6 is 0 Å². The van der Waals surface area contributed by atoms with E-state index in [-0.39, 0.29) is 11.9 Å². The van der Waals surface area contributed by atoms with Crippen LogP contribution < -0.4 is 0 Å². The van der Waals surface area contributed by atoms with Crippen LogP contribution in [-0.4, -0.2) is 52.1 Å². The summed E-state index contributed by atoms with van der Waals surface area (Å²) in [5.41, 5.74) is 2.83. The maximum absolute atomic E-state index is 12.6. The molecule has 0 saturated carbocycles. The fourth-order valence-electron chi connectivity index (χ4n) is 3.25. The SMILES string of the molecule is Cc1[nH]ncc1C(=O)N(C)C1CCCN(Cc2ccccc2)C1. The Labute approximate surface area is 137 Å². The number of aromatic nitrogens is 2. The molecule has 1 fully saturated rings. The molecule has 1 atom stereocenters. The van der Waals surface area contributed by atoms with Crippen LogP contribution in [0, 0.1) is 6.92 Å². The Morgan fingerprint density at radius 1 is 1.39 bits per heavy atom. The molecular formula is C18H24N4O. The summed E-state index contributed by atoms with van der Waals surface area (Å²) in [5, 5.41) is 6.80. The van der Waals surface area contributed by atoms with Crippen molar-refractivity contribution in [1.82, 2.24) is 20.0 Å². The molecule has 1 amide bonds. The normalized spacial score (nSPS) is 18.8. The topological polar surface area (TPSA) is 52.2 Å². The maximum Gasteiger partial charge on any atom is 0.257 e. The van der Waals surface area contributed by atoms with E-state index in [0.29, 0.717) is 5.56 Å². The third-order valence-corrected chi connectivity index (χ3v) is 4.66. The van der Waals surface area contributed by atoms with Gasteiger partial charge in [-0.15, -0.1) is 0 Å². The Kier molecular flexibility index (Phi) is 4.76. The molecule has 0 bridgehead atoms. The van der Waals surface area contributed by atoms with Gasteiger partial charge in [0.25, 0.3) is 5.91 Å². The summed E-state index contributed by atoms with van der Waals surface area (Å²) >= 11 is 0. The lowest BCUT2D eigenvalue weighted by molar-refractivity contribution is 0.0608. The standard InChI is InChI=1S/C18H24N4O/c1-14-17(11-19-20-14)18(23)21(2)16-9-6-10-22(13-16)12-15-7-4-3-5-8-15/h3-5,7-8,11,16H,6,9-10,12-13H2,1-2H3,(H,19,20). The van der Waals surface area contributed by atoms with Crippen molar-refractivity contribution in [3.63, 3.8) is 0 Å². The Morgan fingerprint density at radius 3 is 2.87 bits per heavy atom. The number of H-pyrrole nitrogens is 1. The van der Waals surface area contributed by atoms with E-state index >= 15 is 0 Å². The highest BCUT2D eigenvalue weighted by Crippen LogP contribution is 2.19. The van der Waals surface area contributed by atoms with Crippen LogP contribution in [0.25, 0.3) is 0 Å². The van der Waals surface area contributed by atoms with E-state index in [9.17, 15) is 4.79 Å². The number of piperidine rings is 1. The predicted molar refractivity (Wildman–Crippen MR) is 90.2 cm³/mol. The quantitative estimate of drug-likeness (QED) is 0.943. The maximum atomic E-state index is 12.6. The zero-order valence-corrected chi connectivity index (χ0v) is 13.8. The van der Waals surface area contributed by atoms with Crippen LogP contribution in [0.2, 0.25) is 0 Å². The number of aromatic amines is 1. The lowest BCUT2D eigenvalue weighted by atomic mass is 10.0. The van der Waals surface area contributed by atoms with Gasteiger partial charge in [0.05, 0.1) is 11.8 Å². The lowest BCUT2D eigenvalue weighted by Gasteiger charge is -2.37. The van der Waals surface area contributed by atoms with Gasteiger partial charge in [0.2, 0.25) is 0 Å². The minimum Gasteiger partial charge on any atom is -0.337 e. The van der Waals surface area contributed by atoms with E-state index in [1.807, 2.05) is 24.9 Å². The molecule has 0 spiro atoms. The zero-order chi connectivity index (χ0) is 16.2. The summed E-state index contributed by atoms with van der Waals surface area (Å²) in [7, 11) is 1.91. The lowest BCUT2D eigenvalue weighted by Crippen LogP contribution is -2.48. The number of carbonyl (C=O) groups is 1. The average molecular weight is 312 g/mol. The minimum atomic E-state index is 0.0582. The fraction of sp³-hybridized carbons (Fsp3) is 0.444. The molecule has 1 aromatic heterocycles. The summed E-state index contributed by atoms with van der Waals surface area (Å²) in [5.74, 6) is 0.0582. The second-order valence-corrected chi connectivity index (χ2v) is 6.34. The molecule has 1 aromatic carbocycles. The first-order valence-electron chi connectivity index (χ1n) is 8.18. The number of nitrogens with one attached hydrogen (secondary N) is 1. The first-order valence-corrected chi connectivity index (χ1v) is 8.18. The van der Waals surface area contributed by atoms with Gasteiger partial charge in [-0.2, -0.15) is 5.10 Å². The molecule has 1 aliphatic heterocycles. The van der Waals surface area contributed by atoms with Crippen molar-refractivity contribution >= 4 is 5.91 Å². The number of benzene rings is 1. The molecule has 1 aliphatic rings. The van der Waals surface area contributed by atoms with Crippen LogP contribution in [-0.2, 0) is 6.54 Å². The van der Waals surface area contributed by atoms with Crippen molar-refractivity contribution in [2.24, 2.45) is 0 Å². The van der Waals surface area contributed by atoms with Crippen molar-refractivity contribution in [3.8, 4) is 0 Å². The van der Waals surface area contributed by atoms with Gasteiger partial charge in [-0.1, -0.05) is 30.3 Å². The molecule has 3 rings (SSSR count). The first-order chi connectivity index (χ1) is 11.1. The van der Waals surface area contributed by atoms with Crippen LogP contribution in [0.15, 0.2) is 36.5 Å². The van der Waals surface area contributed by atoms with Gasteiger partial charge >= 0.3 is 0 Å². The molecule has 5 heteroatoms. The summed E-state index contributed by atoms with van der Waals surface area (Å²) in [6, 6.07) is 10.8. The number of hydrogen-bond donors (Lipinski definition) is 1. The van der Waals surface area contributed by atoms with Crippen molar-refractivity contribution in [3.05, 3.63) is 53.3 Å². The molecular weight excluding hydrogens is 288 g/mol. The molecule has 2 heterocycles. The molecule has 0 aliphatic carbocycles. The third-order valence-electron chi connectivity index (χ3n) is 4.66. The predicted octanol–water partition coefficient (Wildman–Crippen LogP) is 2.45. The molecule has 2 aromatic rings. The Morgan fingerprint density at radius 2 is 2.17 bits per heavy atom. The number of amides is 1. The molecule has 122 valence electrons. The van der Waals surface area contributed by atoms with Crippen molar-refractivity contribution in [2.45, 2.75) is 32.4 Å². The highest BCUT2D eigenvalue weighted by Gasteiger charge is 2.27. The number of likely N-dealkylation sites (N-methyl/N-ethyl adjacent to an activating group) is 1. The van der Waals surface area contributed by atoms with Gasteiger partial charge < -0.3 is 4.90 Å². The van der Waals surface area contributed by atoms with Crippen LogP contribution in [0.1, 0.15) is 34.5 Å². The molecule has 5 nitrogen and oxygen atoms in total. The van der Waals surface area contributed by atoms with E-state index in [1.54, 1.807) is 6.20 Å². The first kappa shape index (κ1) is 15.7. The third kappa shape index (κ3) is 3.62. The molecule has 1 unspecified atom stereocenters. The summed E-state index contributed by atoms with van der Waals surface area (Å²) < 4.78 is 0. The largest absolute Gasteiger partial charge is 0.337 e. The smallest absolute Gasteiger partial charge is 0.257 e. The fourth-order valence-corrected chi connectivity index (χ4v) is 3.25. The van der Waals surface area contributed by atoms with Gasteiger partial charge in [0, 0.05) is 31.9 Å². The molecule has 1 N–H and O–H groups in total. The number of rotatable bonds is 4. The van der Waals surface area contributed by atoms with Crippen molar-refractivity contribution in [1.29, 1.82) is 0 Å². The van der Waals surface area contributed by atoms with Gasteiger partial charge in [-0.3, -0.25) is 14.8 Å². The van der Waals surface area contributed by atoms with Crippen LogP contribution in [0.3, 0.4) is 0 Å². The Balaban J connectivity index is 1.64. The highest BCUT2D eigenvalue weighted by molar-refractivity contribution is 5.95. The van der Waals surface area contributed by atoms with Gasteiger partial charge in [-0.25, -0.2) is 0 Å². The van der Waals surface area contributed by atoms with Crippen LogP contribution in [0.4, 0.5) is 0 Å². The van der Waals surface area contributed by atoms with Gasteiger partial charge in [0.15, 0.2) is 0 Å². The van der Waals surface area contributed by atoms with Crippen molar-refractivity contribution in [2.75, 3.05) is 20.1 Å². The Hall–Kier alpha value is -2.14. The number of carbonyl (C=O) groups excluding carboxylic acids is 1. The number of hydrogen-bond acceptors (Lipinski definition) is 3. The summed E-state index contributed by atoms with van der Waals surface area (Å²) in [6.07, 6.45) is 3.81. The zero-order valence-electron chi connectivity index (χ0n) is 13.8. The number of nitrogens with zero attached hydrogens (tertiary/aromatic N) is 3. The van der Waals surface area contributed by atoms with Gasteiger partial charge in [0.1, 0.15) is 0 Å². The average Bonchev–Trinajstić information content (AvgIpc) is 3.01. The second-order valence-electron chi connectivity index (χ2n) is 6.34. The number of likely N-dealkylation sites (tertiary alicyclic amines) is 1. The highest BCUT2D eigenvalue weighted by atomic mass is 16.2. The second kappa shape index (κ2) is 6.96. The number of aryl methyl sites for hydroxylation is 1. The molecule has 0 radical (unpaired) electrons. The van der Waals surface area contributed by atoms with E-state index in [0.717, 1.165) is 38.2 Å². The van der Waals surface area contributed by atoms with E-state index in [2.05, 4.69) is 39.4 Å². The van der Waals surface area contributed by atoms with E-state index in [1.165, 1.54) is 5.56 Å². The molecule has 23 heavy (non-hydrogen) atoms. The molecule has 1 saturated heterocycles. The van der Waals surface area contributed by atoms with E-state index < -0.39 is 0 Å². The van der Waals surface area contributed by atoms with E-state index in [4.69, 9.17) is 0 Å². The van der Waals surface area contributed by atoms with Crippen LogP contribution in [0.5, 0.6) is 0 Å². The minimum absolute atomic E-state index is 0.0582. The summed E-state index contributed by atoms with van der Waals surface area (Å²) in [4.78, 5) is 17.0. The van der Waals surface area contributed by atoms with Gasteiger partial charge in [-0.05, 0) is 31.9 Å². The summed E-state index contributed by atoms with van der Waals surface area (Å²) in [6.45, 7) is 4.85. The Bertz CT molecular complexity index is 652. The van der Waals surface area contributed by atoms with Crippen molar-refractivity contribution < 1.29 is 4.79 Å². The monoisotopic (exact) mass is 312 g/mol.